The molecule has 1 N–H and O–H groups in total. The van der Waals surface area contributed by atoms with Gasteiger partial charge in [-0.3, -0.25) is 9.59 Å². The SMILES string of the molecule is CC(C)[C@H](NC(=O)[C@H]1CCOC1)c1nnc2n1CCN(C(=O)/C=C/c1cccs1)CC2. The van der Waals surface area contributed by atoms with Gasteiger partial charge in [-0.05, 0) is 29.9 Å². The Balaban J connectivity index is 1.44. The van der Waals surface area contributed by atoms with Gasteiger partial charge in [-0.2, -0.15) is 0 Å². The molecule has 4 rings (SSSR count). The molecule has 0 aromatic carbocycles. The number of hydrogen-bond donors (Lipinski definition) is 1. The lowest BCUT2D eigenvalue weighted by molar-refractivity contribution is -0.126. The maximum absolute atomic E-state index is 12.7. The highest BCUT2D eigenvalue weighted by Crippen LogP contribution is 2.24. The molecule has 0 radical (unpaired) electrons. The summed E-state index contributed by atoms with van der Waals surface area (Å²) in [6.07, 6.45) is 4.89. The average Bonchev–Trinajstić information content (AvgIpc) is 3.51. The van der Waals surface area contributed by atoms with Crippen LogP contribution in [0.15, 0.2) is 23.6 Å². The highest BCUT2D eigenvalue weighted by molar-refractivity contribution is 7.10. The van der Waals surface area contributed by atoms with Crippen LogP contribution in [0.4, 0.5) is 0 Å². The molecule has 166 valence electrons. The maximum Gasteiger partial charge on any atom is 0.246 e. The average molecular weight is 444 g/mol. The van der Waals surface area contributed by atoms with Crippen molar-refractivity contribution in [2.45, 2.75) is 39.3 Å². The first-order valence-electron chi connectivity index (χ1n) is 10.8. The Kier molecular flexibility index (Phi) is 6.82. The van der Waals surface area contributed by atoms with Gasteiger partial charge in [-0.15, -0.1) is 21.5 Å². The summed E-state index contributed by atoms with van der Waals surface area (Å²) in [4.78, 5) is 28.3. The molecule has 1 saturated heterocycles. The zero-order valence-electron chi connectivity index (χ0n) is 18.0. The van der Waals surface area contributed by atoms with Crippen molar-refractivity contribution >= 4 is 29.2 Å². The van der Waals surface area contributed by atoms with Crippen LogP contribution in [0.3, 0.4) is 0 Å². The summed E-state index contributed by atoms with van der Waals surface area (Å²) in [6.45, 7) is 7.05. The van der Waals surface area contributed by atoms with Crippen molar-refractivity contribution in [2.24, 2.45) is 11.8 Å². The Labute approximate surface area is 186 Å². The number of carbonyl (C=O) groups excluding carboxylic acids is 2. The third kappa shape index (κ3) is 5.04. The fraction of sp³-hybridized carbons (Fsp3) is 0.545. The normalized spacial score (nSPS) is 20.1. The second-order valence-corrected chi connectivity index (χ2v) is 9.32. The highest BCUT2D eigenvalue weighted by Gasteiger charge is 2.31. The van der Waals surface area contributed by atoms with Crippen LogP contribution < -0.4 is 5.32 Å². The van der Waals surface area contributed by atoms with Crippen LogP contribution in [-0.2, 0) is 27.3 Å². The predicted octanol–water partition coefficient (Wildman–Crippen LogP) is 2.29. The maximum atomic E-state index is 12.7. The molecule has 0 spiro atoms. The molecule has 2 aliphatic heterocycles. The Hall–Kier alpha value is -2.52. The van der Waals surface area contributed by atoms with E-state index in [4.69, 9.17) is 4.74 Å². The van der Waals surface area contributed by atoms with Crippen LogP contribution in [-0.4, -0.2) is 57.8 Å². The van der Waals surface area contributed by atoms with E-state index in [2.05, 4.69) is 33.9 Å². The van der Waals surface area contributed by atoms with Gasteiger partial charge in [0.15, 0.2) is 5.82 Å². The topological polar surface area (TPSA) is 89.3 Å². The van der Waals surface area contributed by atoms with E-state index >= 15 is 0 Å². The van der Waals surface area contributed by atoms with Crippen molar-refractivity contribution in [1.82, 2.24) is 25.0 Å². The first-order chi connectivity index (χ1) is 15.0. The van der Waals surface area contributed by atoms with Gasteiger partial charge in [0.25, 0.3) is 0 Å². The molecule has 0 unspecified atom stereocenters. The molecule has 2 amide bonds. The van der Waals surface area contributed by atoms with Crippen LogP contribution >= 0.6 is 11.3 Å². The minimum Gasteiger partial charge on any atom is -0.381 e. The van der Waals surface area contributed by atoms with Gasteiger partial charge in [0.05, 0.1) is 18.6 Å². The Morgan fingerprint density at radius 2 is 2.16 bits per heavy atom. The summed E-state index contributed by atoms with van der Waals surface area (Å²) in [6, 6.07) is 3.73. The third-order valence-electron chi connectivity index (χ3n) is 5.84. The first kappa shape index (κ1) is 21.7. The quantitative estimate of drug-likeness (QED) is 0.692. The monoisotopic (exact) mass is 443 g/mol. The number of nitrogens with zero attached hydrogens (tertiary/aromatic N) is 4. The van der Waals surface area contributed by atoms with Crippen molar-refractivity contribution in [3.63, 3.8) is 0 Å². The molecule has 0 bridgehead atoms. The summed E-state index contributed by atoms with van der Waals surface area (Å²) in [5, 5.41) is 14.0. The van der Waals surface area contributed by atoms with Crippen molar-refractivity contribution in [3.8, 4) is 0 Å². The smallest absolute Gasteiger partial charge is 0.246 e. The molecule has 2 atom stereocenters. The molecule has 2 aromatic heterocycles. The molecule has 8 nitrogen and oxygen atoms in total. The number of hydrogen-bond acceptors (Lipinski definition) is 6. The number of amides is 2. The van der Waals surface area contributed by atoms with Gasteiger partial charge in [0.1, 0.15) is 5.82 Å². The first-order valence-corrected chi connectivity index (χ1v) is 11.7. The largest absolute Gasteiger partial charge is 0.381 e. The Bertz CT molecular complexity index is 931. The van der Waals surface area contributed by atoms with Crippen LogP contribution in [0.25, 0.3) is 6.08 Å². The van der Waals surface area contributed by atoms with E-state index in [-0.39, 0.29) is 29.7 Å². The van der Waals surface area contributed by atoms with Crippen molar-refractivity contribution < 1.29 is 14.3 Å². The standard InChI is InChI=1S/C22H29N5O3S/c1-15(2)20(23-22(29)16-8-12-30-14-16)21-25-24-18-7-9-26(10-11-27(18)21)19(28)6-5-17-4-3-13-31-17/h3-6,13,15-16,20H,7-12,14H2,1-2H3,(H,23,29)/b6-5+/t16-,20-/m0/s1. The predicted molar refractivity (Wildman–Crippen MR) is 118 cm³/mol. The lowest BCUT2D eigenvalue weighted by Gasteiger charge is -2.24. The van der Waals surface area contributed by atoms with E-state index in [0.717, 1.165) is 22.9 Å². The Morgan fingerprint density at radius 1 is 1.29 bits per heavy atom. The summed E-state index contributed by atoms with van der Waals surface area (Å²) >= 11 is 1.61. The molecule has 2 aromatic rings. The van der Waals surface area contributed by atoms with Crippen molar-refractivity contribution in [1.29, 1.82) is 0 Å². The minimum atomic E-state index is -0.227. The van der Waals surface area contributed by atoms with Gasteiger partial charge >= 0.3 is 0 Å². The van der Waals surface area contributed by atoms with Crippen LogP contribution in [0.5, 0.6) is 0 Å². The summed E-state index contributed by atoms with van der Waals surface area (Å²) in [5.74, 6) is 1.70. The van der Waals surface area contributed by atoms with E-state index in [1.165, 1.54) is 0 Å². The molecule has 4 heterocycles. The number of carbonyl (C=O) groups is 2. The molecule has 0 saturated carbocycles. The number of fused-ring (bicyclic) bond motifs is 1. The highest BCUT2D eigenvalue weighted by atomic mass is 32.1. The number of aromatic nitrogens is 3. The van der Waals surface area contributed by atoms with Crippen LogP contribution in [0.1, 0.15) is 42.8 Å². The molecule has 31 heavy (non-hydrogen) atoms. The second-order valence-electron chi connectivity index (χ2n) is 8.34. The number of thiophene rings is 1. The van der Waals surface area contributed by atoms with Crippen LogP contribution in [0.2, 0.25) is 0 Å². The summed E-state index contributed by atoms with van der Waals surface area (Å²) in [5.41, 5.74) is 0. The molecular formula is C22H29N5O3S. The fourth-order valence-corrected chi connectivity index (χ4v) is 4.60. The van der Waals surface area contributed by atoms with Gasteiger partial charge in [0, 0.05) is 43.6 Å². The number of nitrogens with one attached hydrogen (secondary N) is 1. The Morgan fingerprint density at radius 3 is 2.87 bits per heavy atom. The van der Waals surface area contributed by atoms with E-state index < -0.39 is 0 Å². The lowest BCUT2D eigenvalue weighted by Crippen LogP contribution is -2.38. The van der Waals surface area contributed by atoms with Crippen molar-refractivity contribution in [3.05, 3.63) is 40.1 Å². The molecule has 2 aliphatic rings. The summed E-state index contributed by atoms with van der Waals surface area (Å²) < 4.78 is 7.44. The molecule has 1 fully saturated rings. The second kappa shape index (κ2) is 9.74. The third-order valence-corrected chi connectivity index (χ3v) is 6.68. The molecule has 9 heteroatoms. The van der Waals surface area contributed by atoms with Gasteiger partial charge in [-0.1, -0.05) is 19.9 Å². The van der Waals surface area contributed by atoms with Crippen LogP contribution in [0, 0.1) is 11.8 Å². The molecule has 0 aliphatic carbocycles. The number of ether oxygens (including phenoxy) is 1. The molecular weight excluding hydrogens is 414 g/mol. The summed E-state index contributed by atoms with van der Waals surface area (Å²) in [7, 11) is 0. The lowest BCUT2D eigenvalue weighted by atomic mass is 10.0. The number of rotatable bonds is 6. The van der Waals surface area contributed by atoms with E-state index in [1.807, 2.05) is 28.5 Å². The van der Waals surface area contributed by atoms with Gasteiger partial charge in [0.2, 0.25) is 11.8 Å². The van der Waals surface area contributed by atoms with E-state index in [9.17, 15) is 9.59 Å². The fourth-order valence-electron chi connectivity index (χ4n) is 3.98. The zero-order valence-corrected chi connectivity index (χ0v) is 18.8. The van der Waals surface area contributed by atoms with E-state index in [1.54, 1.807) is 17.4 Å². The van der Waals surface area contributed by atoms with Gasteiger partial charge < -0.3 is 19.5 Å². The van der Waals surface area contributed by atoms with Crippen molar-refractivity contribution in [2.75, 3.05) is 26.3 Å². The zero-order chi connectivity index (χ0) is 21.8. The minimum absolute atomic E-state index is 0.00334. The van der Waals surface area contributed by atoms with E-state index in [0.29, 0.717) is 39.3 Å². The van der Waals surface area contributed by atoms with Gasteiger partial charge in [-0.25, -0.2) is 0 Å².